The van der Waals surface area contributed by atoms with Gasteiger partial charge in [-0.05, 0) is 30.3 Å². The summed E-state index contributed by atoms with van der Waals surface area (Å²) in [5.74, 6) is 1.19. The number of anilines is 4. The van der Waals surface area contributed by atoms with E-state index in [4.69, 9.17) is 5.73 Å². The van der Waals surface area contributed by atoms with Gasteiger partial charge in [0, 0.05) is 24.2 Å². The summed E-state index contributed by atoms with van der Waals surface area (Å²) < 4.78 is 0. The van der Waals surface area contributed by atoms with Gasteiger partial charge in [-0.25, -0.2) is 9.97 Å². The number of hydrogen-bond donors (Lipinski definition) is 5. The summed E-state index contributed by atoms with van der Waals surface area (Å²) in [5.41, 5.74) is 7.44. The van der Waals surface area contributed by atoms with Crippen LogP contribution < -0.4 is 21.7 Å². The first kappa shape index (κ1) is 16.1. The van der Waals surface area contributed by atoms with Crippen molar-refractivity contribution in [2.24, 2.45) is 0 Å². The Morgan fingerprint density at radius 2 is 1.96 bits per heavy atom. The van der Waals surface area contributed by atoms with E-state index in [1.807, 2.05) is 18.2 Å². The summed E-state index contributed by atoms with van der Waals surface area (Å²) in [7, 11) is 0. The molecule has 0 bridgehead atoms. The molecule has 126 valence electrons. The first-order valence-electron chi connectivity index (χ1n) is 7.46. The van der Waals surface area contributed by atoms with Crippen LogP contribution in [0.15, 0.2) is 67.4 Å². The summed E-state index contributed by atoms with van der Waals surface area (Å²) >= 11 is 0. The van der Waals surface area contributed by atoms with E-state index in [2.05, 4.69) is 37.5 Å². The molecule has 2 heterocycles. The Kier molecular flexibility index (Phi) is 4.61. The number of imidazole rings is 1. The molecule has 0 spiro atoms. The maximum Gasteiger partial charge on any atom is 0.258 e. The molecule has 0 atom stereocenters. The minimum absolute atomic E-state index is 0.304. The topological polar surface area (TPSA) is 121 Å². The highest BCUT2D eigenvalue weighted by Crippen LogP contribution is 2.22. The average molecular weight is 335 g/mol. The highest BCUT2D eigenvalue weighted by Gasteiger charge is 2.10. The van der Waals surface area contributed by atoms with Crippen LogP contribution in [-0.2, 0) is 0 Å². The molecule has 8 nitrogen and oxygen atoms in total. The number of benzene rings is 1. The highest BCUT2D eigenvalue weighted by atomic mass is 16.1. The first-order chi connectivity index (χ1) is 12.1. The Bertz CT molecular complexity index is 875. The molecule has 0 aliphatic rings. The maximum absolute atomic E-state index is 12.3. The van der Waals surface area contributed by atoms with Crippen LogP contribution >= 0.6 is 0 Å². The quantitative estimate of drug-likeness (QED) is 0.442. The van der Waals surface area contributed by atoms with Crippen LogP contribution in [-0.4, -0.2) is 20.9 Å². The van der Waals surface area contributed by atoms with Crippen molar-refractivity contribution in [2.75, 3.05) is 21.7 Å². The van der Waals surface area contributed by atoms with Gasteiger partial charge in [-0.2, -0.15) is 0 Å². The smallest absolute Gasteiger partial charge is 0.258 e. The number of aromatic nitrogens is 3. The molecule has 1 amide bonds. The van der Waals surface area contributed by atoms with Crippen LogP contribution in [0.2, 0.25) is 0 Å². The lowest BCUT2D eigenvalue weighted by Crippen LogP contribution is -2.15. The van der Waals surface area contributed by atoms with Crippen LogP contribution in [0.1, 0.15) is 10.4 Å². The number of rotatable bonds is 6. The van der Waals surface area contributed by atoms with E-state index < -0.39 is 0 Å². The van der Waals surface area contributed by atoms with E-state index in [0.717, 1.165) is 0 Å². The Balaban J connectivity index is 1.70. The number of aromatic amines is 1. The number of nitrogens with one attached hydrogen (secondary N) is 4. The van der Waals surface area contributed by atoms with Crippen LogP contribution in [0.25, 0.3) is 0 Å². The SMILES string of the molecule is C=C(Nc1ccccn1)Nc1cc(C(=O)Nc2ncc[nH]2)ccc1N. The van der Waals surface area contributed by atoms with E-state index in [1.165, 1.54) is 0 Å². The second-order valence-electron chi connectivity index (χ2n) is 5.14. The summed E-state index contributed by atoms with van der Waals surface area (Å²) in [6.45, 7) is 3.89. The van der Waals surface area contributed by atoms with Crippen molar-refractivity contribution in [1.29, 1.82) is 0 Å². The highest BCUT2D eigenvalue weighted by molar-refractivity contribution is 6.04. The molecule has 0 radical (unpaired) electrons. The van der Waals surface area contributed by atoms with Crippen molar-refractivity contribution in [2.45, 2.75) is 0 Å². The molecule has 25 heavy (non-hydrogen) atoms. The van der Waals surface area contributed by atoms with Gasteiger partial charge >= 0.3 is 0 Å². The summed E-state index contributed by atoms with van der Waals surface area (Å²) in [5, 5.41) is 8.71. The van der Waals surface area contributed by atoms with E-state index >= 15 is 0 Å². The van der Waals surface area contributed by atoms with Crippen molar-refractivity contribution < 1.29 is 4.79 Å². The molecule has 1 aromatic carbocycles. The Labute approximate surface area is 144 Å². The largest absolute Gasteiger partial charge is 0.397 e. The summed E-state index contributed by atoms with van der Waals surface area (Å²) in [6.07, 6.45) is 4.85. The number of nitrogens with two attached hydrogens (primary N) is 1. The van der Waals surface area contributed by atoms with E-state index in [9.17, 15) is 4.79 Å². The van der Waals surface area contributed by atoms with Gasteiger partial charge in [-0.3, -0.25) is 10.1 Å². The molecular formula is C17H17N7O. The van der Waals surface area contributed by atoms with E-state index in [1.54, 1.807) is 36.8 Å². The number of nitrogens with zero attached hydrogens (tertiary/aromatic N) is 2. The van der Waals surface area contributed by atoms with Gasteiger partial charge in [-0.15, -0.1) is 0 Å². The van der Waals surface area contributed by atoms with Crippen molar-refractivity contribution in [3.63, 3.8) is 0 Å². The molecule has 6 N–H and O–H groups in total. The fourth-order valence-corrected chi connectivity index (χ4v) is 2.10. The Hall–Kier alpha value is -3.81. The zero-order valence-electron chi connectivity index (χ0n) is 13.3. The van der Waals surface area contributed by atoms with Gasteiger partial charge < -0.3 is 21.4 Å². The molecule has 0 fully saturated rings. The van der Waals surface area contributed by atoms with E-state index in [0.29, 0.717) is 34.5 Å². The molecule has 2 aromatic heterocycles. The molecule has 3 rings (SSSR count). The number of pyridine rings is 1. The van der Waals surface area contributed by atoms with Gasteiger partial charge in [0.1, 0.15) is 11.6 Å². The zero-order valence-corrected chi connectivity index (χ0v) is 13.3. The maximum atomic E-state index is 12.3. The fraction of sp³-hybridized carbons (Fsp3) is 0. The van der Waals surface area contributed by atoms with Crippen molar-refractivity contribution in [3.8, 4) is 0 Å². The van der Waals surface area contributed by atoms with Crippen molar-refractivity contribution >= 4 is 29.0 Å². The van der Waals surface area contributed by atoms with Crippen LogP contribution in [0.3, 0.4) is 0 Å². The molecule has 0 saturated carbocycles. The van der Waals surface area contributed by atoms with E-state index in [-0.39, 0.29) is 5.91 Å². The van der Waals surface area contributed by atoms with Gasteiger partial charge in [0.15, 0.2) is 0 Å². The minimum atomic E-state index is -0.304. The number of carbonyl (C=O) groups excluding carboxylic acids is 1. The standard InChI is InChI=1S/C17H17N7O/c1-11(23-15-4-2-3-7-19-15)22-14-10-12(5-6-13(14)18)16(25)24-17-20-8-9-21-17/h2-10,22H,1,18H2,(H,19,23)(H2,20,21,24,25). The molecule has 0 saturated heterocycles. The predicted molar refractivity (Wildman–Crippen MR) is 98.0 cm³/mol. The molecule has 0 unspecified atom stereocenters. The predicted octanol–water partition coefficient (Wildman–Crippen LogP) is 2.63. The van der Waals surface area contributed by atoms with Gasteiger partial charge in [0.25, 0.3) is 5.91 Å². The second-order valence-corrected chi connectivity index (χ2v) is 5.14. The zero-order chi connectivity index (χ0) is 17.6. The van der Waals surface area contributed by atoms with Crippen molar-refractivity contribution in [1.82, 2.24) is 15.0 Å². The number of amides is 1. The molecular weight excluding hydrogens is 318 g/mol. The lowest BCUT2D eigenvalue weighted by molar-refractivity contribution is 0.102. The normalized spacial score (nSPS) is 10.1. The third kappa shape index (κ3) is 4.14. The Morgan fingerprint density at radius 1 is 1.08 bits per heavy atom. The second kappa shape index (κ2) is 7.18. The number of hydrogen-bond acceptors (Lipinski definition) is 6. The molecule has 0 aliphatic carbocycles. The fourth-order valence-electron chi connectivity index (χ4n) is 2.10. The lowest BCUT2D eigenvalue weighted by Gasteiger charge is -2.14. The van der Waals surface area contributed by atoms with Crippen LogP contribution in [0.4, 0.5) is 23.1 Å². The summed E-state index contributed by atoms with van der Waals surface area (Å²) in [4.78, 5) is 23.2. The Morgan fingerprint density at radius 3 is 2.68 bits per heavy atom. The van der Waals surface area contributed by atoms with Crippen LogP contribution in [0, 0.1) is 0 Å². The van der Waals surface area contributed by atoms with Crippen LogP contribution in [0.5, 0.6) is 0 Å². The summed E-state index contributed by atoms with van der Waals surface area (Å²) in [6, 6.07) is 10.4. The minimum Gasteiger partial charge on any atom is -0.397 e. The third-order valence-corrected chi connectivity index (χ3v) is 3.28. The molecule has 8 heteroatoms. The number of carbonyl (C=O) groups is 1. The molecule has 3 aromatic rings. The van der Waals surface area contributed by atoms with Gasteiger partial charge in [-0.1, -0.05) is 12.6 Å². The van der Waals surface area contributed by atoms with Gasteiger partial charge in [0.2, 0.25) is 5.95 Å². The monoisotopic (exact) mass is 335 g/mol. The number of H-pyrrole nitrogens is 1. The first-order valence-corrected chi connectivity index (χ1v) is 7.46. The third-order valence-electron chi connectivity index (χ3n) is 3.28. The van der Waals surface area contributed by atoms with Gasteiger partial charge in [0.05, 0.1) is 11.4 Å². The lowest BCUT2D eigenvalue weighted by atomic mass is 10.1. The number of nitrogen functional groups attached to an aromatic ring is 1. The molecule has 0 aliphatic heterocycles. The average Bonchev–Trinajstić information content (AvgIpc) is 3.10. The van der Waals surface area contributed by atoms with Crippen molar-refractivity contribution in [3.05, 3.63) is 73.0 Å².